The molecule has 2 aliphatic rings. The maximum Gasteiger partial charge on any atom is 0.263 e. The highest BCUT2D eigenvalue weighted by atomic mass is 16.5. The van der Waals surface area contributed by atoms with Crippen molar-refractivity contribution < 1.29 is 19.1 Å². The van der Waals surface area contributed by atoms with Crippen LogP contribution in [0.1, 0.15) is 12.5 Å². The van der Waals surface area contributed by atoms with Gasteiger partial charge >= 0.3 is 0 Å². The number of nitrogens with one attached hydrogen (secondary N) is 1. The van der Waals surface area contributed by atoms with E-state index in [-0.39, 0.29) is 12.5 Å². The number of amides is 3. The molecule has 1 N–H and O–H groups in total. The van der Waals surface area contributed by atoms with Gasteiger partial charge in [-0.2, -0.15) is 5.11 Å². The van der Waals surface area contributed by atoms with Crippen molar-refractivity contribution in [3.05, 3.63) is 84.4 Å². The molecule has 9 heteroatoms. The molecule has 9 nitrogen and oxygen atoms in total. The largest absolute Gasteiger partial charge is 0.457 e. The van der Waals surface area contributed by atoms with Crippen LogP contribution >= 0.6 is 0 Å². The normalized spacial score (nSPS) is 18.7. The van der Waals surface area contributed by atoms with Crippen molar-refractivity contribution in [3.63, 3.8) is 0 Å². The van der Waals surface area contributed by atoms with Crippen molar-refractivity contribution in [3.8, 4) is 11.5 Å². The van der Waals surface area contributed by atoms with Gasteiger partial charge in [-0.25, -0.2) is 4.90 Å². The molecular weight excluding hydrogens is 446 g/mol. The van der Waals surface area contributed by atoms with Gasteiger partial charge in [0.1, 0.15) is 18.0 Å². The molecule has 5 rings (SSSR count). The molecule has 0 bridgehead atoms. The third-order valence-corrected chi connectivity index (χ3v) is 5.88. The van der Waals surface area contributed by atoms with Gasteiger partial charge in [0.25, 0.3) is 11.8 Å². The Kier molecular flexibility index (Phi) is 5.97. The lowest BCUT2D eigenvalue weighted by Crippen LogP contribution is -2.43. The lowest BCUT2D eigenvalue weighted by molar-refractivity contribution is -0.123. The standard InChI is InChI=1S/C26H23N5O4/c1-2-17-8-12-19(13-9-17)31-25(33)23-24(26(31)34)30(29-28-23)16-22(32)27-18-10-14-21(15-11-18)35-20-6-4-3-5-7-20/h3-15,23-24H,2,16H2,1H3,(H,27,32)/t23-,24+/m0/s1. The predicted octanol–water partition coefficient (Wildman–Crippen LogP) is 3.97. The molecule has 0 unspecified atom stereocenters. The first-order chi connectivity index (χ1) is 17.0. The molecule has 0 saturated carbocycles. The van der Waals surface area contributed by atoms with Crippen molar-refractivity contribution >= 4 is 29.1 Å². The molecule has 1 saturated heterocycles. The van der Waals surface area contributed by atoms with Crippen LogP contribution in [-0.4, -0.2) is 41.4 Å². The number of rotatable bonds is 7. The number of anilines is 2. The molecule has 2 heterocycles. The Labute approximate surface area is 202 Å². The Morgan fingerprint density at radius 1 is 0.914 bits per heavy atom. The van der Waals surface area contributed by atoms with E-state index in [1.165, 1.54) is 5.01 Å². The molecule has 35 heavy (non-hydrogen) atoms. The summed E-state index contributed by atoms with van der Waals surface area (Å²) in [5, 5.41) is 11.9. The van der Waals surface area contributed by atoms with Crippen molar-refractivity contribution in [2.75, 3.05) is 16.8 Å². The van der Waals surface area contributed by atoms with Gasteiger partial charge < -0.3 is 10.1 Å². The van der Waals surface area contributed by atoms with Crippen molar-refractivity contribution in [2.45, 2.75) is 25.4 Å². The number of hydrogen-bond acceptors (Lipinski definition) is 7. The second-order valence-electron chi connectivity index (χ2n) is 8.21. The van der Waals surface area contributed by atoms with E-state index in [9.17, 15) is 14.4 Å². The van der Waals surface area contributed by atoms with E-state index in [4.69, 9.17) is 4.74 Å². The summed E-state index contributed by atoms with van der Waals surface area (Å²) in [5.74, 6) is 0.0820. The van der Waals surface area contributed by atoms with E-state index < -0.39 is 23.9 Å². The second kappa shape index (κ2) is 9.38. The molecule has 3 aromatic carbocycles. The average molecular weight is 470 g/mol. The zero-order chi connectivity index (χ0) is 24.4. The number of benzene rings is 3. The van der Waals surface area contributed by atoms with Crippen molar-refractivity contribution in [1.29, 1.82) is 0 Å². The second-order valence-corrected chi connectivity index (χ2v) is 8.21. The number of carbonyl (C=O) groups excluding carboxylic acids is 3. The van der Waals surface area contributed by atoms with E-state index in [2.05, 4.69) is 15.7 Å². The summed E-state index contributed by atoms with van der Waals surface area (Å²) in [6, 6.07) is 21.7. The third kappa shape index (κ3) is 4.48. The Morgan fingerprint density at radius 3 is 2.29 bits per heavy atom. The quantitative estimate of drug-likeness (QED) is 0.528. The summed E-state index contributed by atoms with van der Waals surface area (Å²) in [4.78, 5) is 39.7. The first-order valence-corrected chi connectivity index (χ1v) is 11.3. The minimum absolute atomic E-state index is 0.214. The van der Waals surface area contributed by atoms with E-state index in [1.54, 1.807) is 36.4 Å². The predicted molar refractivity (Wildman–Crippen MR) is 129 cm³/mol. The monoisotopic (exact) mass is 469 g/mol. The molecule has 2 aliphatic heterocycles. The van der Waals surface area contributed by atoms with Crippen LogP contribution in [0.2, 0.25) is 0 Å². The SMILES string of the molecule is CCc1ccc(N2C(=O)[C@H]3N=NN(CC(=O)Nc4ccc(Oc5ccccc5)cc4)[C@H]3C2=O)cc1. The highest BCUT2D eigenvalue weighted by molar-refractivity contribution is 6.25. The van der Waals surface area contributed by atoms with Crippen LogP contribution in [0.25, 0.3) is 0 Å². The Balaban J connectivity index is 1.21. The average Bonchev–Trinajstić information content (AvgIpc) is 3.40. The van der Waals surface area contributed by atoms with Gasteiger partial charge in [-0.05, 0) is 60.5 Å². The lowest BCUT2D eigenvalue weighted by Gasteiger charge is -2.20. The van der Waals surface area contributed by atoms with Gasteiger partial charge in [-0.15, -0.1) is 0 Å². The molecule has 176 valence electrons. The molecule has 0 aromatic heterocycles. The zero-order valence-electron chi connectivity index (χ0n) is 19.0. The highest BCUT2D eigenvalue weighted by Crippen LogP contribution is 2.32. The minimum atomic E-state index is -0.949. The highest BCUT2D eigenvalue weighted by Gasteiger charge is 2.55. The van der Waals surface area contributed by atoms with Gasteiger partial charge in [0, 0.05) is 5.69 Å². The smallest absolute Gasteiger partial charge is 0.263 e. The van der Waals surface area contributed by atoms with Crippen LogP contribution < -0.4 is 15.0 Å². The van der Waals surface area contributed by atoms with E-state index >= 15 is 0 Å². The first kappa shape index (κ1) is 22.3. The van der Waals surface area contributed by atoms with E-state index in [0.717, 1.165) is 16.9 Å². The number of fused-ring (bicyclic) bond motifs is 1. The molecule has 2 atom stereocenters. The summed E-state index contributed by atoms with van der Waals surface area (Å²) >= 11 is 0. The van der Waals surface area contributed by atoms with Crippen LogP contribution in [-0.2, 0) is 20.8 Å². The molecular formula is C26H23N5O4. The molecule has 0 spiro atoms. The number of ether oxygens (including phenoxy) is 1. The first-order valence-electron chi connectivity index (χ1n) is 11.3. The van der Waals surface area contributed by atoms with Crippen LogP contribution in [0.15, 0.2) is 89.2 Å². The van der Waals surface area contributed by atoms with Crippen LogP contribution in [0, 0.1) is 0 Å². The number of nitrogens with zero attached hydrogens (tertiary/aromatic N) is 4. The molecule has 1 fully saturated rings. The Hall–Kier alpha value is -4.53. The lowest BCUT2D eigenvalue weighted by atomic mass is 10.1. The third-order valence-electron chi connectivity index (χ3n) is 5.88. The molecule has 0 aliphatic carbocycles. The summed E-state index contributed by atoms with van der Waals surface area (Å²) in [6.07, 6.45) is 0.854. The summed E-state index contributed by atoms with van der Waals surface area (Å²) in [5.41, 5.74) is 2.16. The van der Waals surface area contributed by atoms with Gasteiger partial charge in [0.05, 0.1) is 5.69 Å². The van der Waals surface area contributed by atoms with Crippen molar-refractivity contribution in [2.24, 2.45) is 10.3 Å². The number of para-hydroxylation sites is 1. The molecule has 0 radical (unpaired) electrons. The number of aryl methyl sites for hydroxylation is 1. The summed E-state index contributed by atoms with van der Waals surface area (Å²) < 4.78 is 5.75. The van der Waals surface area contributed by atoms with Crippen LogP contribution in [0.5, 0.6) is 11.5 Å². The van der Waals surface area contributed by atoms with E-state index in [0.29, 0.717) is 22.9 Å². The fraction of sp³-hybridized carbons (Fsp3) is 0.192. The molecule has 3 aromatic rings. The number of hydrogen-bond donors (Lipinski definition) is 1. The van der Waals surface area contributed by atoms with Gasteiger partial charge in [-0.1, -0.05) is 42.5 Å². The zero-order valence-corrected chi connectivity index (χ0v) is 19.0. The minimum Gasteiger partial charge on any atom is -0.457 e. The van der Waals surface area contributed by atoms with Gasteiger partial charge in [-0.3, -0.25) is 19.4 Å². The van der Waals surface area contributed by atoms with Gasteiger partial charge in [0.2, 0.25) is 5.91 Å². The summed E-state index contributed by atoms with van der Waals surface area (Å²) in [6.45, 7) is 1.82. The van der Waals surface area contributed by atoms with Crippen LogP contribution in [0.4, 0.5) is 11.4 Å². The van der Waals surface area contributed by atoms with Crippen LogP contribution in [0.3, 0.4) is 0 Å². The maximum atomic E-state index is 13.1. The van der Waals surface area contributed by atoms with E-state index in [1.807, 2.05) is 49.4 Å². The number of imide groups is 1. The Morgan fingerprint density at radius 2 is 1.60 bits per heavy atom. The maximum absolute atomic E-state index is 13.1. The summed E-state index contributed by atoms with van der Waals surface area (Å²) in [7, 11) is 0. The topological polar surface area (TPSA) is 104 Å². The fourth-order valence-corrected chi connectivity index (χ4v) is 4.07. The Bertz CT molecular complexity index is 1280. The van der Waals surface area contributed by atoms with Gasteiger partial charge in [0.15, 0.2) is 12.1 Å². The molecule has 3 amide bonds. The number of carbonyl (C=O) groups is 3. The fourth-order valence-electron chi connectivity index (χ4n) is 4.07. The van der Waals surface area contributed by atoms with Crippen molar-refractivity contribution in [1.82, 2.24) is 5.01 Å².